The zero-order valence-electron chi connectivity index (χ0n) is 19.5. The lowest BCUT2D eigenvalue weighted by molar-refractivity contribution is -0.133. The molecule has 0 aliphatic rings. The van der Waals surface area contributed by atoms with E-state index in [0.29, 0.717) is 35.5 Å². The number of rotatable bonds is 10. The van der Waals surface area contributed by atoms with Crippen molar-refractivity contribution in [3.63, 3.8) is 0 Å². The summed E-state index contributed by atoms with van der Waals surface area (Å²) in [5.41, 5.74) is 0.613. The number of benzene rings is 3. The molecule has 0 aliphatic heterocycles. The van der Waals surface area contributed by atoms with E-state index >= 15 is 0 Å². The normalized spacial score (nSPS) is 12.6. The Kier molecular flexibility index (Phi) is 7.83. The highest BCUT2D eigenvalue weighted by atomic mass is 19.1. The zero-order chi connectivity index (χ0) is 24.7. The number of methoxy groups -OCH3 is 1. The quantitative estimate of drug-likeness (QED) is 0.432. The molecule has 1 unspecified atom stereocenters. The Balaban J connectivity index is 2.05. The van der Waals surface area contributed by atoms with E-state index in [9.17, 15) is 14.4 Å². The SMILES string of the molecule is C=CCN(CC=C)C(C)(C(=O)NCc1c(OC)c(C#N)cc2ccccc12)c1ccc(F)cc1. The first-order valence-electron chi connectivity index (χ1n) is 10.9. The van der Waals surface area contributed by atoms with Crippen molar-refractivity contribution in [3.8, 4) is 11.8 Å². The maximum Gasteiger partial charge on any atom is 0.245 e. The molecule has 0 saturated carbocycles. The van der Waals surface area contributed by atoms with Gasteiger partial charge in [-0.05, 0) is 41.5 Å². The fourth-order valence-corrected chi connectivity index (χ4v) is 4.22. The van der Waals surface area contributed by atoms with Gasteiger partial charge in [0.1, 0.15) is 23.2 Å². The van der Waals surface area contributed by atoms with Crippen LogP contribution < -0.4 is 10.1 Å². The Hall–Kier alpha value is -3.95. The van der Waals surface area contributed by atoms with Gasteiger partial charge in [0.25, 0.3) is 0 Å². The molecule has 1 atom stereocenters. The highest BCUT2D eigenvalue weighted by Gasteiger charge is 2.40. The van der Waals surface area contributed by atoms with Gasteiger partial charge < -0.3 is 10.1 Å². The van der Waals surface area contributed by atoms with Crippen LogP contribution >= 0.6 is 0 Å². The molecular formula is C28H28FN3O2. The molecule has 174 valence electrons. The van der Waals surface area contributed by atoms with Crippen LogP contribution in [0.2, 0.25) is 0 Å². The number of ether oxygens (including phenoxy) is 1. The highest BCUT2D eigenvalue weighted by Crippen LogP contribution is 2.33. The second-order valence-corrected chi connectivity index (χ2v) is 8.01. The van der Waals surface area contributed by atoms with Gasteiger partial charge >= 0.3 is 0 Å². The number of halogens is 1. The monoisotopic (exact) mass is 457 g/mol. The number of fused-ring (bicyclic) bond motifs is 1. The van der Waals surface area contributed by atoms with Gasteiger partial charge in [0.15, 0.2) is 0 Å². The van der Waals surface area contributed by atoms with Crippen LogP contribution in [0.1, 0.15) is 23.6 Å². The lowest BCUT2D eigenvalue weighted by Crippen LogP contribution is -2.54. The van der Waals surface area contributed by atoms with E-state index < -0.39 is 5.54 Å². The fraction of sp³-hybridized carbons (Fsp3) is 0.214. The fourth-order valence-electron chi connectivity index (χ4n) is 4.22. The molecule has 3 aromatic carbocycles. The van der Waals surface area contributed by atoms with Crippen LogP contribution in [0.4, 0.5) is 4.39 Å². The van der Waals surface area contributed by atoms with E-state index in [0.717, 1.165) is 10.8 Å². The van der Waals surface area contributed by atoms with Crippen molar-refractivity contribution in [1.29, 1.82) is 5.26 Å². The summed E-state index contributed by atoms with van der Waals surface area (Å²) >= 11 is 0. The third-order valence-corrected chi connectivity index (χ3v) is 6.03. The minimum Gasteiger partial charge on any atom is -0.495 e. The summed E-state index contributed by atoms with van der Waals surface area (Å²) in [7, 11) is 1.51. The number of amides is 1. The van der Waals surface area contributed by atoms with E-state index in [1.165, 1.54) is 19.2 Å². The van der Waals surface area contributed by atoms with E-state index in [1.54, 1.807) is 37.3 Å². The van der Waals surface area contributed by atoms with E-state index in [2.05, 4.69) is 24.5 Å². The standard InChI is InChI=1S/C28H28FN3O2/c1-5-15-32(16-6-2)28(3,22-11-13-23(29)14-12-22)27(33)31-19-25-24-10-8-7-9-20(24)17-21(18-30)26(25)34-4/h5-14,17H,1-2,15-16,19H2,3-4H3,(H,31,33). The topological polar surface area (TPSA) is 65.4 Å². The first kappa shape index (κ1) is 24.7. The molecule has 0 saturated heterocycles. The summed E-state index contributed by atoms with van der Waals surface area (Å²) in [6, 6.07) is 17.5. The van der Waals surface area contributed by atoms with E-state index in [1.807, 2.05) is 29.2 Å². The molecule has 1 N–H and O–H groups in total. The molecule has 0 spiro atoms. The van der Waals surface area contributed by atoms with Crippen molar-refractivity contribution >= 4 is 16.7 Å². The summed E-state index contributed by atoms with van der Waals surface area (Å²) in [5.74, 6) is -0.231. The van der Waals surface area contributed by atoms with Crippen LogP contribution in [0.5, 0.6) is 5.75 Å². The largest absolute Gasteiger partial charge is 0.495 e. The van der Waals surface area contributed by atoms with E-state index in [-0.39, 0.29) is 18.3 Å². The lowest BCUT2D eigenvalue weighted by Gasteiger charge is -2.39. The first-order valence-corrected chi connectivity index (χ1v) is 10.9. The van der Waals surface area contributed by atoms with Crippen LogP contribution in [-0.2, 0) is 16.9 Å². The van der Waals surface area contributed by atoms with Crippen molar-refractivity contribution in [3.05, 3.63) is 102 Å². The molecule has 3 rings (SSSR count). The lowest BCUT2D eigenvalue weighted by atomic mass is 9.88. The smallest absolute Gasteiger partial charge is 0.245 e. The Labute approximate surface area is 199 Å². The minimum absolute atomic E-state index is 0.144. The molecule has 0 heterocycles. The van der Waals surface area contributed by atoms with Crippen LogP contribution in [0.3, 0.4) is 0 Å². The van der Waals surface area contributed by atoms with Crippen molar-refractivity contribution in [1.82, 2.24) is 10.2 Å². The molecular weight excluding hydrogens is 429 g/mol. The van der Waals surface area contributed by atoms with Crippen molar-refractivity contribution in [2.75, 3.05) is 20.2 Å². The number of hydrogen-bond acceptors (Lipinski definition) is 4. The maximum atomic E-state index is 13.8. The molecule has 0 aliphatic carbocycles. The summed E-state index contributed by atoms with van der Waals surface area (Å²) in [4.78, 5) is 15.7. The van der Waals surface area contributed by atoms with Crippen LogP contribution in [0, 0.1) is 17.1 Å². The van der Waals surface area contributed by atoms with Gasteiger partial charge in [0.05, 0.1) is 12.7 Å². The third-order valence-electron chi connectivity index (χ3n) is 6.03. The van der Waals surface area contributed by atoms with Crippen LogP contribution in [-0.4, -0.2) is 31.0 Å². The predicted octanol–water partition coefficient (Wildman–Crippen LogP) is 5.06. The number of carbonyl (C=O) groups is 1. The van der Waals surface area contributed by atoms with Crippen LogP contribution in [0.15, 0.2) is 79.9 Å². The van der Waals surface area contributed by atoms with Gasteiger partial charge in [-0.15, -0.1) is 13.2 Å². The molecule has 34 heavy (non-hydrogen) atoms. The Morgan fingerprint density at radius 3 is 2.41 bits per heavy atom. The number of nitrogens with one attached hydrogen (secondary N) is 1. The zero-order valence-corrected chi connectivity index (χ0v) is 19.5. The number of nitrogens with zero attached hydrogens (tertiary/aromatic N) is 2. The van der Waals surface area contributed by atoms with E-state index in [4.69, 9.17) is 4.74 Å². The Morgan fingerprint density at radius 2 is 1.82 bits per heavy atom. The number of carbonyl (C=O) groups excluding carboxylic acids is 1. The van der Waals surface area contributed by atoms with Gasteiger partial charge in [0, 0.05) is 25.2 Å². The predicted molar refractivity (Wildman–Crippen MR) is 133 cm³/mol. The molecule has 1 amide bonds. The molecule has 5 nitrogen and oxygen atoms in total. The molecule has 3 aromatic rings. The van der Waals surface area contributed by atoms with Crippen molar-refractivity contribution in [2.45, 2.75) is 19.0 Å². The summed E-state index contributed by atoms with van der Waals surface area (Å²) in [6.45, 7) is 10.4. The summed E-state index contributed by atoms with van der Waals surface area (Å²) < 4.78 is 19.2. The highest BCUT2D eigenvalue weighted by molar-refractivity contribution is 5.91. The van der Waals surface area contributed by atoms with Gasteiger partial charge in [0.2, 0.25) is 5.91 Å². The molecule has 0 bridgehead atoms. The Morgan fingerprint density at radius 1 is 1.18 bits per heavy atom. The first-order chi connectivity index (χ1) is 16.4. The Bertz CT molecular complexity index is 1240. The molecule has 0 fully saturated rings. The van der Waals surface area contributed by atoms with Gasteiger partial charge in [-0.25, -0.2) is 4.39 Å². The van der Waals surface area contributed by atoms with Gasteiger partial charge in [-0.2, -0.15) is 5.26 Å². The molecule has 0 aromatic heterocycles. The molecule has 6 heteroatoms. The maximum absolute atomic E-state index is 13.8. The van der Waals surface area contributed by atoms with Crippen LogP contribution in [0.25, 0.3) is 10.8 Å². The number of hydrogen-bond donors (Lipinski definition) is 1. The van der Waals surface area contributed by atoms with Gasteiger partial charge in [-0.1, -0.05) is 48.6 Å². The average molecular weight is 458 g/mol. The summed E-state index contributed by atoms with van der Waals surface area (Å²) in [5, 5.41) is 14.4. The summed E-state index contributed by atoms with van der Waals surface area (Å²) in [6.07, 6.45) is 3.43. The van der Waals surface area contributed by atoms with Crippen molar-refractivity contribution < 1.29 is 13.9 Å². The second-order valence-electron chi connectivity index (χ2n) is 8.01. The second kappa shape index (κ2) is 10.8. The number of nitriles is 1. The minimum atomic E-state index is -1.13. The van der Waals surface area contributed by atoms with Gasteiger partial charge in [-0.3, -0.25) is 9.69 Å². The average Bonchev–Trinajstić information content (AvgIpc) is 2.86. The third kappa shape index (κ3) is 4.70. The van der Waals surface area contributed by atoms with Crippen molar-refractivity contribution in [2.24, 2.45) is 0 Å². The molecule has 0 radical (unpaired) electrons.